The molecule has 1 heterocycles. The molecule has 0 saturated carbocycles. The van der Waals surface area contributed by atoms with E-state index in [1.807, 2.05) is 61.5 Å². The first-order valence-corrected chi connectivity index (χ1v) is 11.4. The highest BCUT2D eigenvalue weighted by molar-refractivity contribution is 8.18. The molecule has 0 unspecified atom stereocenters. The van der Waals surface area contributed by atoms with E-state index in [2.05, 4.69) is 0 Å². The lowest BCUT2D eigenvalue weighted by atomic mass is 10.1. The molecule has 0 aliphatic carbocycles. The minimum Gasteiger partial charge on any atom is -0.489 e. The Morgan fingerprint density at radius 3 is 2.50 bits per heavy atom. The number of hydrogen-bond acceptors (Lipinski definition) is 4. The molecule has 4 nitrogen and oxygen atoms in total. The molecule has 162 valence electrons. The van der Waals surface area contributed by atoms with Crippen molar-refractivity contribution in [2.75, 3.05) is 0 Å². The Hall–Kier alpha value is -2.73. The molecular weight excluding hydrogens is 465 g/mol. The number of halogens is 2. The fourth-order valence-corrected chi connectivity index (χ4v) is 4.54. The van der Waals surface area contributed by atoms with Gasteiger partial charge in [-0.15, -0.1) is 0 Å². The fourth-order valence-electron chi connectivity index (χ4n) is 3.24. The maximum absolute atomic E-state index is 12.8. The minimum atomic E-state index is -0.279. The molecule has 0 spiro atoms. The van der Waals surface area contributed by atoms with Crippen molar-refractivity contribution in [3.63, 3.8) is 0 Å². The second-order valence-corrected chi connectivity index (χ2v) is 9.19. The topological polar surface area (TPSA) is 46.6 Å². The van der Waals surface area contributed by atoms with Gasteiger partial charge in [0.25, 0.3) is 11.1 Å². The molecule has 7 heteroatoms. The van der Waals surface area contributed by atoms with Gasteiger partial charge in [-0.25, -0.2) is 0 Å². The van der Waals surface area contributed by atoms with E-state index in [-0.39, 0.29) is 17.7 Å². The van der Waals surface area contributed by atoms with Gasteiger partial charge in [-0.1, -0.05) is 71.2 Å². The number of nitrogens with zero attached hydrogens (tertiary/aromatic N) is 1. The van der Waals surface area contributed by atoms with Gasteiger partial charge in [0.1, 0.15) is 12.4 Å². The van der Waals surface area contributed by atoms with Crippen LogP contribution in [0.5, 0.6) is 5.75 Å². The van der Waals surface area contributed by atoms with Crippen LogP contribution in [-0.2, 0) is 17.9 Å². The van der Waals surface area contributed by atoms with Crippen LogP contribution in [0.1, 0.15) is 22.3 Å². The highest BCUT2D eigenvalue weighted by Gasteiger charge is 2.34. The molecule has 3 aromatic carbocycles. The molecule has 3 aromatic rings. The van der Waals surface area contributed by atoms with Gasteiger partial charge in [0.2, 0.25) is 0 Å². The molecule has 0 N–H and O–H groups in total. The van der Waals surface area contributed by atoms with Gasteiger partial charge in [0.05, 0.1) is 11.4 Å². The summed E-state index contributed by atoms with van der Waals surface area (Å²) in [5.41, 5.74) is 3.66. The van der Waals surface area contributed by atoms with E-state index in [1.165, 1.54) is 4.90 Å². The number of imide groups is 1. The average molecular weight is 484 g/mol. The molecule has 0 bridgehead atoms. The summed E-state index contributed by atoms with van der Waals surface area (Å²) in [4.78, 5) is 26.8. The Morgan fingerprint density at radius 1 is 1.00 bits per heavy atom. The van der Waals surface area contributed by atoms with Crippen molar-refractivity contribution in [3.05, 3.63) is 104 Å². The number of aryl methyl sites for hydroxylation is 1. The number of rotatable bonds is 6. The first-order chi connectivity index (χ1) is 15.4. The predicted molar refractivity (Wildman–Crippen MR) is 130 cm³/mol. The Bertz CT molecular complexity index is 1210. The molecule has 32 heavy (non-hydrogen) atoms. The van der Waals surface area contributed by atoms with Crippen LogP contribution in [0.3, 0.4) is 0 Å². The molecule has 4 rings (SSSR count). The first-order valence-electron chi connectivity index (χ1n) is 9.87. The average Bonchev–Trinajstić information content (AvgIpc) is 3.01. The summed E-state index contributed by atoms with van der Waals surface area (Å²) in [6, 6.07) is 20.4. The van der Waals surface area contributed by atoms with Gasteiger partial charge in [-0.2, -0.15) is 0 Å². The van der Waals surface area contributed by atoms with E-state index in [1.54, 1.807) is 18.2 Å². The number of hydrogen-bond donors (Lipinski definition) is 0. The lowest BCUT2D eigenvalue weighted by Crippen LogP contribution is -2.27. The number of thioether (sulfide) groups is 1. The fraction of sp³-hybridized carbons (Fsp3) is 0.120. The van der Waals surface area contributed by atoms with Crippen LogP contribution in [0.2, 0.25) is 10.0 Å². The lowest BCUT2D eigenvalue weighted by Gasteiger charge is -2.12. The zero-order chi connectivity index (χ0) is 22.7. The van der Waals surface area contributed by atoms with Crippen LogP contribution >= 0.6 is 35.0 Å². The Labute approximate surface area is 200 Å². The van der Waals surface area contributed by atoms with E-state index in [0.717, 1.165) is 34.0 Å². The summed E-state index contributed by atoms with van der Waals surface area (Å²) in [7, 11) is 0. The van der Waals surface area contributed by atoms with Gasteiger partial charge >= 0.3 is 0 Å². The van der Waals surface area contributed by atoms with Crippen molar-refractivity contribution in [2.24, 2.45) is 0 Å². The highest BCUT2D eigenvalue weighted by Crippen LogP contribution is 2.33. The van der Waals surface area contributed by atoms with E-state index in [4.69, 9.17) is 27.9 Å². The maximum atomic E-state index is 12.8. The molecule has 0 atom stereocenters. The molecule has 2 amide bonds. The van der Waals surface area contributed by atoms with Crippen LogP contribution in [0.4, 0.5) is 4.79 Å². The van der Waals surface area contributed by atoms with Crippen LogP contribution < -0.4 is 4.74 Å². The standard InChI is InChI=1S/C25H19Cl2NO3S/c1-16-3-2-4-18(11-16)14-28-24(29)23(32-25(28)30)12-17-5-9-21(10-6-17)31-15-19-7-8-20(26)13-22(19)27/h2-13H,14-15H2,1H3/b23-12+. The second-order valence-electron chi connectivity index (χ2n) is 7.35. The van der Waals surface area contributed by atoms with Crippen molar-refractivity contribution in [3.8, 4) is 5.75 Å². The van der Waals surface area contributed by atoms with E-state index < -0.39 is 0 Å². The quantitative estimate of drug-likeness (QED) is 0.350. The minimum absolute atomic E-state index is 0.262. The van der Waals surface area contributed by atoms with Gasteiger partial charge in [-0.3, -0.25) is 14.5 Å². The molecule has 0 aromatic heterocycles. The van der Waals surface area contributed by atoms with Crippen LogP contribution in [-0.4, -0.2) is 16.0 Å². The number of carbonyl (C=O) groups is 2. The van der Waals surface area contributed by atoms with Gasteiger partial charge < -0.3 is 4.74 Å². The van der Waals surface area contributed by atoms with Crippen molar-refractivity contribution < 1.29 is 14.3 Å². The number of carbonyl (C=O) groups excluding carboxylic acids is 2. The number of ether oxygens (including phenoxy) is 1. The largest absolute Gasteiger partial charge is 0.489 e. The second kappa shape index (κ2) is 9.82. The van der Waals surface area contributed by atoms with Crippen molar-refractivity contribution in [2.45, 2.75) is 20.1 Å². The normalized spacial score (nSPS) is 15.0. The smallest absolute Gasteiger partial charge is 0.293 e. The summed E-state index contributed by atoms with van der Waals surface area (Å²) in [6.07, 6.45) is 1.72. The van der Waals surface area contributed by atoms with Crippen LogP contribution in [0.25, 0.3) is 6.08 Å². The zero-order valence-corrected chi connectivity index (χ0v) is 19.5. The molecule has 1 aliphatic rings. The van der Waals surface area contributed by atoms with Crippen molar-refractivity contribution in [1.82, 2.24) is 4.90 Å². The van der Waals surface area contributed by atoms with Crippen LogP contribution in [0, 0.1) is 6.92 Å². The Morgan fingerprint density at radius 2 is 1.78 bits per heavy atom. The maximum Gasteiger partial charge on any atom is 0.293 e. The number of amides is 2. The summed E-state index contributed by atoms with van der Waals surface area (Å²) in [6.45, 7) is 2.56. The SMILES string of the molecule is Cc1cccc(CN2C(=O)S/C(=C/c3ccc(OCc4ccc(Cl)cc4Cl)cc3)C2=O)c1. The molecule has 1 fully saturated rings. The summed E-state index contributed by atoms with van der Waals surface area (Å²) in [5.74, 6) is 0.389. The van der Waals surface area contributed by atoms with Gasteiger partial charge in [0, 0.05) is 15.6 Å². The highest BCUT2D eigenvalue weighted by atomic mass is 35.5. The van der Waals surface area contributed by atoms with Gasteiger partial charge in [0.15, 0.2) is 0 Å². The van der Waals surface area contributed by atoms with Crippen LogP contribution in [0.15, 0.2) is 71.6 Å². The lowest BCUT2D eigenvalue weighted by molar-refractivity contribution is -0.123. The number of benzene rings is 3. The Kier molecular flexibility index (Phi) is 6.89. The third-order valence-corrected chi connectivity index (χ3v) is 6.38. The third kappa shape index (κ3) is 5.36. The molecular formula is C25H19Cl2NO3S. The predicted octanol–water partition coefficient (Wildman–Crippen LogP) is 7.12. The van der Waals surface area contributed by atoms with Crippen molar-refractivity contribution >= 4 is 52.2 Å². The van der Waals surface area contributed by atoms with E-state index in [9.17, 15) is 9.59 Å². The third-order valence-electron chi connectivity index (χ3n) is 4.88. The van der Waals surface area contributed by atoms with Crippen molar-refractivity contribution in [1.29, 1.82) is 0 Å². The van der Waals surface area contributed by atoms with E-state index >= 15 is 0 Å². The Balaban J connectivity index is 1.41. The summed E-state index contributed by atoms with van der Waals surface area (Å²) < 4.78 is 5.79. The molecule has 0 radical (unpaired) electrons. The van der Waals surface area contributed by atoms with E-state index in [0.29, 0.717) is 27.3 Å². The monoisotopic (exact) mass is 483 g/mol. The van der Waals surface area contributed by atoms with Gasteiger partial charge in [-0.05, 0) is 60.2 Å². The first kappa shape index (κ1) is 22.5. The summed E-state index contributed by atoms with van der Waals surface area (Å²) in [5, 5.41) is 0.865. The summed E-state index contributed by atoms with van der Waals surface area (Å²) >= 11 is 13.0. The molecule has 1 aliphatic heterocycles. The molecule has 1 saturated heterocycles. The zero-order valence-electron chi connectivity index (χ0n) is 17.2.